The zero-order valence-electron chi connectivity index (χ0n) is 11.4. The van der Waals surface area contributed by atoms with Gasteiger partial charge in [0.25, 0.3) is 0 Å². The van der Waals surface area contributed by atoms with E-state index in [1.807, 2.05) is 24.3 Å². The fourth-order valence-corrected chi connectivity index (χ4v) is 1.78. The van der Waals surface area contributed by atoms with Crippen molar-refractivity contribution in [1.82, 2.24) is 0 Å². The number of nitrogens with one attached hydrogen (secondary N) is 2. The minimum absolute atomic E-state index is 0.0206. The highest BCUT2D eigenvalue weighted by molar-refractivity contribution is 5.95. The summed E-state index contributed by atoms with van der Waals surface area (Å²) in [5.74, 6) is 0.0412. The van der Waals surface area contributed by atoms with E-state index in [1.165, 1.54) is 13.8 Å². The molecule has 0 aliphatic heterocycles. The van der Waals surface area contributed by atoms with Crippen molar-refractivity contribution in [2.75, 3.05) is 10.9 Å². The molecule has 0 spiro atoms. The number of hydrogen-bond donors (Lipinski definition) is 2. The Morgan fingerprint density at radius 1 is 0.750 bits per heavy atom. The fraction of sp³-hybridized carbons (Fsp3) is 0.125. The van der Waals surface area contributed by atoms with Crippen LogP contribution in [0.2, 0.25) is 0 Å². The summed E-state index contributed by atoms with van der Waals surface area (Å²) in [6, 6.07) is 14.4. The van der Waals surface area contributed by atoms with Crippen LogP contribution < -0.4 is 10.9 Å². The lowest BCUT2D eigenvalue weighted by atomic mass is 10.1. The Kier molecular flexibility index (Phi) is 4.15. The third kappa shape index (κ3) is 3.45. The molecule has 4 nitrogen and oxygen atoms in total. The van der Waals surface area contributed by atoms with Crippen LogP contribution in [0.5, 0.6) is 0 Å². The highest BCUT2D eigenvalue weighted by atomic mass is 16.1. The van der Waals surface area contributed by atoms with Crippen LogP contribution in [0.15, 0.2) is 48.5 Å². The molecule has 0 unspecified atom stereocenters. The Balaban J connectivity index is 2.08. The number of benzene rings is 2. The van der Waals surface area contributed by atoms with Crippen molar-refractivity contribution < 1.29 is 9.59 Å². The van der Waals surface area contributed by atoms with E-state index in [-0.39, 0.29) is 11.6 Å². The molecule has 4 heteroatoms. The third-order valence-electron chi connectivity index (χ3n) is 2.89. The van der Waals surface area contributed by atoms with Crippen molar-refractivity contribution in [2.24, 2.45) is 0 Å². The molecular formula is C16H16N2O2. The van der Waals surface area contributed by atoms with Crippen molar-refractivity contribution in [3.05, 3.63) is 59.7 Å². The van der Waals surface area contributed by atoms with E-state index < -0.39 is 0 Å². The Bertz CT molecular complexity index is 593. The molecule has 0 fully saturated rings. The molecular weight excluding hydrogens is 252 g/mol. The highest BCUT2D eigenvalue weighted by Gasteiger charge is 2.02. The van der Waals surface area contributed by atoms with Gasteiger partial charge in [-0.15, -0.1) is 0 Å². The van der Waals surface area contributed by atoms with Crippen LogP contribution in [0.25, 0.3) is 0 Å². The summed E-state index contributed by atoms with van der Waals surface area (Å²) in [4.78, 5) is 22.6. The van der Waals surface area contributed by atoms with Gasteiger partial charge in [-0.05, 0) is 38.1 Å². The van der Waals surface area contributed by atoms with Gasteiger partial charge in [0.15, 0.2) is 11.6 Å². The van der Waals surface area contributed by atoms with Gasteiger partial charge >= 0.3 is 0 Å². The monoisotopic (exact) mass is 268 g/mol. The number of hydrogen-bond acceptors (Lipinski definition) is 4. The second-order valence-corrected chi connectivity index (χ2v) is 4.52. The first kappa shape index (κ1) is 13.8. The molecule has 0 radical (unpaired) electrons. The summed E-state index contributed by atoms with van der Waals surface area (Å²) in [5, 5.41) is 0. The first-order chi connectivity index (χ1) is 9.56. The van der Waals surface area contributed by atoms with Crippen molar-refractivity contribution in [1.29, 1.82) is 0 Å². The SMILES string of the molecule is CC(=O)c1cccc(NNc2cccc(C(C)=O)c2)c1. The number of rotatable bonds is 5. The number of anilines is 2. The second kappa shape index (κ2) is 6.02. The summed E-state index contributed by atoms with van der Waals surface area (Å²) in [5.41, 5.74) is 8.88. The average molecular weight is 268 g/mol. The molecule has 0 aromatic heterocycles. The van der Waals surface area contributed by atoms with Crippen LogP contribution in [0.4, 0.5) is 11.4 Å². The summed E-state index contributed by atoms with van der Waals surface area (Å²) in [6.45, 7) is 3.06. The fourth-order valence-electron chi connectivity index (χ4n) is 1.78. The van der Waals surface area contributed by atoms with Crippen LogP contribution >= 0.6 is 0 Å². The maximum Gasteiger partial charge on any atom is 0.159 e. The number of hydrazine groups is 1. The molecule has 0 aliphatic rings. The maximum atomic E-state index is 11.3. The van der Waals surface area contributed by atoms with Crippen LogP contribution in [0.3, 0.4) is 0 Å². The van der Waals surface area contributed by atoms with E-state index in [2.05, 4.69) is 10.9 Å². The van der Waals surface area contributed by atoms with Crippen LogP contribution in [0.1, 0.15) is 34.6 Å². The quantitative estimate of drug-likeness (QED) is 0.643. The van der Waals surface area contributed by atoms with Gasteiger partial charge in [-0.1, -0.05) is 24.3 Å². The molecule has 0 heterocycles. The van der Waals surface area contributed by atoms with Gasteiger partial charge in [-0.3, -0.25) is 9.59 Å². The second-order valence-electron chi connectivity index (χ2n) is 4.52. The number of ketones is 2. The van der Waals surface area contributed by atoms with Gasteiger partial charge in [0, 0.05) is 11.1 Å². The number of Topliss-reactive ketones (excluding diaryl/α,β-unsaturated/α-hetero) is 2. The Morgan fingerprint density at radius 2 is 1.15 bits per heavy atom. The average Bonchev–Trinajstić information content (AvgIpc) is 2.45. The first-order valence-corrected chi connectivity index (χ1v) is 6.30. The molecule has 0 aliphatic carbocycles. The van der Waals surface area contributed by atoms with Crippen molar-refractivity contribution in [2.45, 2.75) is 13.8 Å². The van der Waals surface area contributed by atoms with E-state index in [1.54, 1.807) is 24.3 Å². The first-order valence-electron chi connectivity index (χ1n) is 6.30. The molecule has 102 valence electrons. The van der Waals surface area contributed by atoms with Crippen molar-refractivity contribution in [3.63, 3.8) is 0 Å². The Hall–Kier alpha value is -2.62. The lowest BCUT2D eigenvalue weighted by Crippen LogP contribution is -2.09. The lowest BCUT2D eigenvalue weighted by Gasteiger charge is -2.11. The van der Waals surface area contributed by atoms with Gasteiger partial charge in [-0.2, -0.15) is 0 Å². The van der Waals surface area contributed by atoms with Crippen LogP contribution in [0, 0.1) is 0 Å². The summed E-state index contributed by atoms with van der Waals surface area (Å²) in [6.07, 6.45) is 0. The normalized spacial score (nSPS) is 9.90. The zero-order chi connectivity index (χ0) is 14.5. The molecule has 2 aromatic carbocycles. The maximum absolute atomic E-state index is 11.3. The predicted octanol–water partition coefficient (Wildman–Crippen LogP) is 3.53. The van der Waals surface area contributed by atoms with Gasteiger partial charge in [0.05, 0.1) is 11.4 Å². The van der Waals surface area contributed by atoms with E-state index in [0.29, 0.717) is 11.1 Å². The third-order valence-corrected chi connectivity index (χ3v) is 2.89. The van der Waals surface area contributed by atoms with Crippen molar-refractivity contribution in [3.8, 4) is 0 Å². The van der Waals surface area contributed by atoms with Gasteiger partial charge in [0.2, 0.25) is 0 Å². The summed E-state index contributed by atoms with van der Waals surface area (Å²) < 4.78 is 0. The van der Waals surface area contributed by atoms with Crippen LogP contribution in [-0.2, 0) is 0 Å². The smallest absolute Gasteiger partial charge is 0.159 e. The van der Waals surface area contributed by atoms with Gasteiger partial charge < -0.3 is 10.9 Å². The van der Waals surface area contributed by atoms with E-state index in [0.717, 1.165) is 11.4 Å². The minimum Gasteiger partial charge on any atom is -0.301 e. The van der Waals surface area contributed by atoms with Crippen molar-refractivity contribution >= 4 is 22.9 Å². The van der Waals surface area contributed by atoms with E-state index in [4.69, 9.17) is 0 Å². The molecule has 0 saturated heterocycles. The summed E-state index contributed by atoms with van der Waals surface area (Å²) >= 11 is 0. The molecule has 2 aromatic rings. The molecule has 2 rings (SSSR count). The Labute approximate surface area is 117 Å². The Morgan fingerprint density at radius 3 is 1.50 bits per heavy atom. The molecule has 0 saturated carbocycles. The largest absolute Gasteiger partial charge is 0.301 e. The minimum atomic E-state index is 0.0206. The predicted molar refractivity (Wildman–Crippen MR) is 80.1 cm³/mol. The molecule has 0 amide bonds. The standard InChI is InChI=1S/C16H16N2O2/c1-11(19)13-5-3-7-15(9-13)17-18-16-8-4-6-14(10-16)12(2)20/h3-10,17-18H,1-2H3. The molecule has 2 N–H and O–H groups in total. The topological polar surface area (TPSA) is 58.2 Å². The van der Waals surface area contributed by atoms with E-state index in [9.17, 15) is 9.59 Å². The molecule has 20 heavy (non-hydrogen) atoms. The number of carbonyl (C=O) groups is 2. The lowest BCUT2D eigenvalue weighted by molar-refractivity contribution is 0.100. The van der Waals surface area contributed by atoms with Gasteiger partial charge in [0.1, 0.15) is 0 Å². The molecule has 0 atom stereocenters. The van der Waals surface area contributed by atoms with E-state index >= 15 is 0 Å². The van der Waals surface area contributed by atoms with Crippen LogP contribution in [-0.4, -0.2) is 11.6 Å². The van der Waals surface area contributed by atoms with Gasteiger partial charge in [-0.25, -0.2) is 0 Å². The highest BCUT2D eigenvalue weighted by Crippen LogP contribution is 2.14. The zero-order valence-corrected chi connectivity index (χ0v) is 11.4. The summed E-state index contributed by atoms with van der Waals surface area (Å²) in [7, 11) is 0. The number of carbonyl (C=O) groups excluding carboxylic acids is 2. The molecule has 0 bridgehead atoms.